The van der Waals surface area contributed by atoms with Crippen molar-refractivity contribution >= 4 is 10.8 Å². The molecule has 0 spiro atoms. The normalized spacial score (nSPS) is 11.0. The molecule has 0 aliphatic carbocycles. The topological polar surface area (TPSA) is 15.8 Å². The third-order valence-electron chi connectivity index (χ3n) is 6.25. The molecule has 1 N–H and O–H groups in total. The number of rotatable bonds is 4. The number of hydrogen-bond acceptors (Lipinski definition) is 0. The van der Waals surface area contributed by atoms with Gasteiger partial charge in [0.25, 0.3) is 0 Å². The maximum Gasteiger partial charge on any atom is 0.0545 e. The average molecular weight is 422 g/mol. The van der Waals surface area contributed by atoms with Gasteiger partial charge in [-0.15, -0.1) is 0 Å². The number of fused-ring (bicyclic) bond motifs is 1. The molecule has 6 aromatic rings. The van der Waals surface area contributed by atoms with Gasteiger partial charge in [-0.1, -0.05) is 133 Å². The van der Waals surface area contributed by atoms with Crippen molar-refractivity contribution in [1.82, 2.24) is 4.98 Å². The Labute approximate surface area is 194 Å². The summed E-state index contributed by atoms with van der Waals surface area (Å²) < 4.78 is 0. The van der Waals surface area contributed by atoms with Crippen molar-refractivity contribution in [3.63, 3.8) is 0 Å². The van der Waals surface area contributed by atoms with E-state index in [-0.39, 0.29) is 0 Å². The van der Waals surface area contributed by atoms with Gasteiger partial charge in [-0.2, -0.15) is 0 Å². The van der Waals surface area contributed by atoms with Crippen molar-refractivity contribution in [3.8, 4) is 44.8 Å². The Morgan fingerprint density at radius 3 is 1.36 bits per heavy atom. The molecule has 5 aromatic carbocycles. The molecule has 0 radical (unpaired) electrons. The fourth-order valence-corrected chi connectivity index (χ4v) is 4.74. The van der Waals surface area contributed by atoms with E-state index in [2.05, 4.69) is 138 Å². The van der Waals surface area contributed by atoms with E-state index >= 15 is 0 Å². The summed E-state index contributed by atoms with van der Waals surface area (Å²) in [6.07, 6.45) is 0. The van der Waals surface area contributed by atoms with Crippen LogP contribution in [-0.4, -0.2) is 4.98 Å². The molecule has 156 valence electrons. The van der Waals surface area contributed by atoms with Crippen LogP contribution in [-0.2, 0) is 0 Å². The molecule has 0 aliphatic heterocycles. The zero-order valence-electron chi connectivity index (χ0n) is 18.2. The van der Waals surface area contributed by atoms with E-state index in [1.807, 2.05) is 0 Å². The van der Waals surface area contributed by atoms with Crippen molar-refractivity contribution in [2.45, 2.75) is 0 Å². The van der Waals surface area contributed by atoms with E-state index < -0.39 is 0 Å². The van der Waals surface area contributed by atoms with Crippen LogP contribution in [0, 0.1) is 0 Å². The molecule has 33 heavy (non-hydrogen) atoms. The van der Waals surface area contributed by atoms with Gasteiger partial charge in [-0.25, -0.2) is 0 Å². The molecule has 0 saturated heterocycles. The Kier molecular flexibility index (Phi) is 4.86. The summed E-state index contributed by atoms with van der Waals surface area (Å²) in [7, 11) is 0. The van der Waals surface area contributed by atoms with Crippen molar-refractivity contribution in [2.24, 2.45) is 0 Å². The Hall–Kier alpha value is -4.36. The molecule has 0 fully saturated rings. The van der Waals surface area contributed by atoms with Crippen LogP contribution in [0.5, 0.6) is 0 Å². The molecule has 0 bridgehead atoms. The molecule has 0 saturated carbocycles. The maximum absolute atomic E-state index is 3.81. The molecule has 6 rings (SSSR count). The smallest absolute Gasteiger partial charge is 0.0545 e. The summed E-state index contributed by atoms with van der Waals surface area (Å²) in [6.45, 7) is 0. The van der Waals surface area contributed by atoms with Gasteiger partial charge in [0, 0.05) is 10.8 Å². The van der Waals surface area contributed by atoms with Crippen LogP contribution in [0.1, 0.15) is 0 Å². The standard InChI is InChI=1S/C32H23N/c1-5-13-23(14-6-1)27-21-22-28-30(29(27)24-15-7-2-8-16-24)32(26-19-11-4-12-20-26)33-31(28)25-17-9-3-10-18-25/h1-22,33H. The number of H-pyrrole nitrogens is 1. The predicted octanol–water partition coefficient (Wildman–Crippen LogP) is 8.84. The van der Waals surface area contributed by atoms with Gasteiger partial charge in [0.05, 0.1) is 11.4 Å². The first-order chi connectivity index (χ1) is 16.4. The molecule has 1 heteroatoms. The molecule has 0 amide bonds. The van der Waals surface area contributed by atoms with Gasteiger partial charge in [0.1, 0.15) is 0 Å². The lowest BCUT2D eigenvalue weighted by molar-refractivity contribution is 1.40. The lowest BCUT2D eigenvalue weighted by Crippen LogP contribution is -1.88. The molecule has 0 atom stereocenters. The Morgan fingerprint density at radius 2 is 0.818 bits per heavy atom. The van der Waals surface area contributed by atoms with Crippen LogP contribution >= 0.6 is 0 Å². The first-order valence-electron chi connectivity index (χ1n) is 11.3. The van der Waals surface area contributed by atoms with E-state index in [0.29, 0.717) is 0 Å². The predicted molar refractivity (Wildman–Crippen MR) is 140 cm³/mol. The average Bonchev–Trinajstić information content (AvgIpc) is 3.30. The molecule has 1 nitrogen and oxygen atoms in total. The van der Waals surface area contributed by atoms with Gasteiger partial charge in [0.2, 0.25) is 0 Å². The number of hydrogen-bond donors (Lipinski definition) is 1. The van der Waals surface area contributed by atoms with Crippen molar-refractivity contribution in [3.05, 3.63) is 133 Å². The van der Waals surface area contributed by atoms with E-state index in [1.165, 1.54) is 44.2 Å². The summed E-state index contributed by atoms with van der Waals surface area (Å²) in [4.78, 5) is 3.81. The fourth-order valence-electron chi connectivity index (χ4n) is 4.74. The van der Waals surface area contributed by atoms with Gasteiger partial charge in [-0.3, -0.25) is 0 Å². The Bertz CT molecular complexity index is 1510. The first-order valence-corrected chi connectivity index (χ1v) is 11.3. The monoisotopic (exact) mass is 421 g/mol. The third-order valence-corrected chi connectivity index (χ3v) is 6.25. The zero-order chi connectivity index (χ0) is 22.0. The number of nitrogens with one attached hydrogen (secondary N) is 1. The van der Waals surface area contributed by atoms with Crippen LogP contribution in [0.3, 0.4) is 0 Å². The minimum Gasteiger partial charge on any atom is -0.354 e. The van der Waals surface area contributed by atoms with E-state index in [1.54, 1.807) is 0 Å². The summed E-state index contributed by atoms with van der Waals surface area (Å²) in [5, 5.41) is 2.49. The second kappa shape index (κ2) is 8.29. The first kappa shape index (κ1) is 19.3. The van der Waals surface area contributed by atoms with Crippen molar-refractivity contribution in [1.29, 1.82) is 0 Å². The lowest BCUT2D eigenvalue weighted by Gasteiger charge is -2.14. The van der Waals surface area contributed by atoms with E-state index in [9.17, 15) is 0 Å². The second-order valence-electron chi connectivity index (χ2n) is 8.25. The minimum atomic E-state index is 1.15. The fraction of sp³-hybridized carbons (Fsp3) is 0. The quantitative estimate of drug-likeness (QED) is 0.293. The second-order valence-corrected chi connectivity index (χ2v) is 8.25. The zero-order valence-corrected chi connectivity index (χ0v) is 18.2. The van der Waals surface area contributed by atoms with Crippen molar-refractivity contribution < 1.29 is 0 Å². The molecular formula is C32H23N. The van der Waals surface area contributed by atoms with Crippen LogP contribution < -0.4 is 0 Å². The van der Waals surface area contributed by atoms with Gasteiger partial charge in [-0.05, 0) is 33.4 Å². The van der Waals surface area contributed by atoms with E-state index in [0.717, 1.165) is 11.4 Å². The number of aromatic nitrogens is 1. The van der Waals surface area contributed by atoms with Crippen LogP contribution in [0.4, 0.5) is 0 Å². The van der Waals surface area contributed by atoms with Crippen LogP contribution in [0.25, 0.3) is 55.5 Å². The highest BCUT2D eigenvalue weighted by Gasteiger charge is 2.20. The van der Waals surface area contributed by atoms with Gasteiger partial charge >= 0.3 is 0 Å². The number of benzene rings is 5. The maximum atomic E-state index is 3.81. The number of aromatic amines is 1. The minimum absolute atomic E-state index is 1.15. The molecule has 1 heterocycles. The lowest BCUT2D eigenvalue weighted by atomic mass is 9.88. The highest BCUT2D eigenvalue weighted by atomic mass is 14.7. The Balaban J connectivity index is 1.77. The summed E-state index contributed by atoms with van der Waals surface area (Å²) in [6, 6.07) is 47.2. The SMILES string of the molecule is c1ccc(-c2ccc3c(-c4ccccc4)[nH]c(-c4ccccc4)c3c2-c2ccccc2)cc1. The Morgan fingerprint density at radius 1 is 0.364 bits per heavy atom. The van der Waals surface area contributed by atoms with Crippen LogP contribution in [0.2, 0.25) is 0 Å². The summed E-state index contributed by atoms with van der Waals surface area (Å²) >= 11 is 0. The molecule has 1 aromatic heterocycles. The van der Waals surface area contributed by atoms with E-state index in [4.69, 9.17) is 0 Å². The van der Waals surface area contributed by atoms with Gasteiger partial charge in [0.15, 0.2) is 0 Å². The summed E-state index contributed by atoms with van der Waals surface area (Å²) in [5.41, 5.74) is 9.63. The molecule has 0 aliphatic rings. The highest BCUT2D eigenvalue weighted by Crippen LogP contribution is 2.45. The van der Waals surface area contributed by atoms with Crippen molar-refractivity contribution in [2.75, 3.05) is 0 Å². The summed E-state index contributed by atoms with van der Waals surface area (Å²) in [5.74, 6) is 0. The van der Waals surface area contributed by atoms with Crippen LogP contribution in [0.15, 0.2) is 133 Å². The molecule has 0 unspecified atom stereocenters. The molecular weight excluding hydrogens is 398 g/mol. The highest BCUT2D eigenvalue weighted by molar-refractivity contribution is 6.15. The largest absolute Gasteiger partial charge is 0.354 e. The third kappa shape index (κ3) is 3.44. The van der Waals surface area contributed by atoms with Gasteiger partial charge < -0.3 is 4.98 Å².